The van der Waals surface area contributed by atoms with Crippen molar-refractivity contribution in [3.05, 3.63) is 48.5 Å². The summed E-state index contributed by atoms with van der Waals surface area (Å²) in [7, 11) is 2.01. The highest BCUT2D eigenvalue weighted by molar-refractivity contribution is 7.99. The SMILES string of the molecule is CCOc1ccc(OCCSc2nnc3n(C)c4ccccc4n23)cc1. The number of nitrogens with zero attached hydrogens (tertiary/aromatic N) is 4. The average Bonchev–Trinajstić information content (AvgIpc) is 3.21. The largest absolute Gasteiger partial charge is 0.494 e. The van der Waals surface area contributed by atoms with Gasteiger partial charge >= 0.3 is 0 Å². The van der Waals surface area contributed by atoms with E-state index in [2.05, 4.69) is 31.3 Å². The number of hydrogen-bond acceptors (Lipinski definition) is 5. The average molecular weight is 368 g/mol. The second-order valence-electron chi connectivity index (χ2n) is 5.77. The first-order valence-electron chi connectivity index (χ1n) is 8.55. The lowest BCUT2D eigenvalue weighted by Crippen LogP contribution is -2.01. The Morgan fingerprint density at radius 3 is 2.35 bits per heavy atom. The lowest BCUT2D eigenvalue weighted by molar-refractivity contribution is 0.332. The molecule has 2 aromatic heterocycles. The topological polar surface area (TPSA) is 53.6 Å². The molecule has 4 rings (SSSR count). The first-order valence-corrected chi connectivity index (χ1v) is 9.53. The van der Waals surface area contributed by atoms with Gasteiger partial charge < -0.3 is 14.0 Å². The molecule has 4 aromatic rings. The summed E-state index contributed by atoms with van der Waals surface area (Å²) in [5, 5.41) is 9.53. The van der Waals surface area contributed by atoms with Gasteiger partial charge in [-0.15, -0.1) is 10.2 Å². The molecule has 0 spiro atoms. The predicted molar refractivity (Wildman–Crippen MR) is 103 cm³/mol. The Labute approximate surface area is 155 Å². The molecule has 26 heavy (non-hydrogen) atoms. The Bertz CT molecular complexity index is 1020. The van der Waals surface area contributed by atoms with Crippen LogP contribution in [0.3, 0.4) is 0 Å². The van der Waals surface area contributed by atoms with Crippen LogP contribution < -0.4 is 9.47 Å². The van der Waals surface area contributed by atoms with Crippen LogP contribution >= 0.6 is 11.8 Å². The highest BCUT2D eigenvalue weighted by Crippen LogP contribution is 2.25. The van der Waals surface area contributed by atoms with E-state index in [1.165, 1.54) is 0 Å². The lowest BCUT2D eigenvalue weighted by atomic mass is 10.3. The molecule has 0 N–H and O–H groups in total. The quantitative estimate of drug-likeness (QED) is 0.367. The molecule has 2 aromatic carbocycles. The van der Waals surface area contributed by atoms with Crippen LogP contribution in [0.25, 0.3) is 16.8 Å². The van der Waals surface area contributed by atoms with Crippen molar-refractivity contribution in [3.63, 3.8) is 0 Å². The normalized spacial score (nSPS) is 11.3. The van der Waals surface area contributed by atoms with E-state index in [4.69, 9.17) is 9.47 Å². The van der Waals surface area contributed by atoms with Crippen LogP contribution in [0.1, 0.15) is 6.92 Å². The molecule has 0 atom stereocenters. The van der Waals surface area contributed by atoms with Crippen LogP contribution in [-0.4, -0.2) is 38.1 Å². The third-order valence-electron chi connectivity index (χ3n) is 4.12. The first-order chi connectivity index (χ1) is 12.8. The summed E-state index contributed by atoms with van der Waals surface area (Å²) >= 11 is 1.64. The summed E-state index contributed by atoms with van der Waals surface area (Å²) in [6.45, 7) is 3.23. The number of thioether (sulfide) groups is 1. The van der Waals surface area contributed by atoms with Crippen LogP contribution in [0.2, 0.25) is 0 Å². The number of benzene rings is 2. The molecule has 0 unspecified atom stereocenters. The molecule has 0 bridgehead atoms. The monoisotopic (exact) mass is 368 g/mol. The molecule has 0 aliphatic carbocycles. The van der Waals surface area contributed by atoms with E-state index in [9.17, 15) is 0 Å². The molecule has 134 valence electrons. The second-order valence-corrected chi connectivity index (χ2v) is 6.83. The van der Waals surface area contributed by atoms with Gasteiger partial charge in [-0.3, -0.25) is 4.40 Å². The zero-order chi connectivity index (χ0) is 17.9. The number of para-hydroxylation sites is 2. The van der Waals surface area contributed by atoms with E-state index < -0.39 is 0 Å². The standard InChI is InChI=1S/C19H20N4O2S/c1-3-24-14-8-10-15(11-9-14)25-12-13-26-19-21-20-18-22(2)16-6-4-5-7-17(16)23(18)19/h4-11H,3,12-13H2,1-2H3. The first kappa shape index (κ1) is 16.8. The molecule has 2 heterocycles. The Balaban J connectivity index is 1.41. The van der Waals surface area contributed by atoms with Crippen LogP contribution in [0, 0.1) is 0 Å². The van der Waals surface area contributed by atoms with Crippen molar-refractivity contribution >= 4 is 28.6 Å². The fourth-order valence-electron chi connectivity index (χ4n) is 2.92. The minimum Gasteiger partial charge on any atom is -0.494 e. The summed E-state index contributed by atoms with van der Waals surface area (Å²) in [4.78, 5) is 0. The molecular formula is C19H20N4O2S. The van der Waals surface area contributed by atoms with Crippen LogP contribution in [0.5, 0.6) is 11.5 Å². The number of aromatic nitrogens is 4. The number of hydrogen-bond donors (Lipinski definition) is 0. The Kier molecular flexibility index (Phi) is 4.71. The van der Waals surface area contributed by atoms with Crippen LogP contribution in [0.4, 0.5) is 0 Å². The number of ether oxygens (including phenoxy) is 2. The van der Waals surface area contributed by atoms with Crippen molar-refractivity contribution in [2.75, 3.05) is 19.0 Å². The van der Waals surface area contributed by atoms with Gasteiger partial charge in [0, 0.05) is 12.8 Å². The van der Waals surface area contributed by atoms with E-state index in [0.29, 0.717) is 13.2 Å². The van der Waals surface area contributed by atoms with Crippen LogP contribution in [-0.2, 0) is 7.05 Å². The Morgan fingerprint density at radius 2 is 1.62 bits per heavy atom. The minimum absolute atomic E-state index is 0.596. The summed E-state index contributed by atoms with van der Waals surface area (Å²) in [6, 6.07) is 15.9. The van der Waals surface area contributed by atoms with Gasteiger partial charge in [0.1, 0.15) is 11.5 Å². The van der Waals surface area contributed by atoms with Gasteiger partial charge in [-0.2, -0.15) is 0 Å². The van der Waals surface area contributed by atoms with Crippen molar-refractivity contribution in [1.82, 2.24) is 19.2 Å². The maximum atomic E-state index is 5.80. The summed E-state index contributed by atoms with van der Waals surface area (Å²) in [5.74, 6) is 3.33. The number of aryl methyl sites for hydroxylation is 1. The maximum absolute atomic E-state index is 5.80. The third kappa shape index (κ3) is 3.10. The van der Waals surface area contributed by atoms with Crippen molar-refractivity contribution in [2.45, 2.75) is 12.1 Å². The highest BCUT2D eigenvalue weighted by Gasteiger charge is 2.14. The summed E-state index contributed by atoms with van der Waals surface area (Å²) in [6.07, 6.45) is 0. The zero-order valence-electron chi connectivity index (χ0n) is 14.8. The van der Waals surface area contributed by atoms with E-state index in [1.807, 2.05) is 50.4 Å². The molecule has 0 saturated carbocycles. The number of imidazole rings is 1. The van der Waals surface area contributed by atoms with Gasteiger partial charge in [0.2, 0.25) is 5.78 Å². The molecule has 0 aliphatic heterocycles. The number of rotatable bonds is 7. The zero-order valence-corrected chi connectivity index (χ0v) is 15.6. The molecule has 0 radical (unpaired) electrons. The minimum atomic E-state index is 0.596. The Hall–Kier alpha value is -2.67. The molecule has 0 aliphatic rings. The van der Waals surface area contributed by atoms with Gasteiger partial charge in [0.25, 0.3) is 0 Å². The smallest absolute Gasteiger partial charge is 0.236 e. The summed E-state index contributed by atoms with van der Waals surface area (Å²) in [5.41, 5.74) is 2.26. The summed E-state index contributed by atoms with van der Waals surface area (Å²) < 4.78 is 15.4. The molecule has 7 heteroatoms. The van der Waals surface area contributed by atoms with Crippen molar-refractivity contribution in [3.8, 4) is 11.5 Å². The van der Waals surface area contributed by atoms with E-state index in [1.54, 1.807) is 11.8 Å². The third-order valence-corrected chi connectivity index (χ3v) is 5.01. The molecular weight excluding hydrogens is 348 g/mol. The van der Waals surface area contributed by atoms with Crippen molar-refractivity contribution < 1.29 is 9.47 Å². The molecule has 0 amide bonds. The van der Waals surface area contributed by atoms with Crippen molar-refractivity contribution in [1.29, 1.82) is 0 Å². The molecule has 0 saturated heterocycles. The maximum Gasteiger partial charge on any atom is 0.236 e. The molecule has 0 fully saturated rings. The Morgan fingerprint density at radius 1 is 0.923 bits per heavy atom. The van der Waals surface area contributed by atoms with Crippen molar-refractivity contribution in [2.24, 2.45) is 7.05 Å². The predicted octanol–water partition coefficient (Wildman–Crippen LogP) is 3.79. The van der Waals surface area contributed by atoms with Gasteiger partial charge in [-0.25, -0.2) is 0 Å². The highest BCUT2D eigenvalue weighted by atomic mass is 32.2. The van der Waals surface area contributed by atoms with E-state index in [0.717, 1.165) is 39.2 Å². The van der Waals surface area contributed by atoms with Gasteiger partial charge in [-0.1, -0.05) is 23.9 Å². The number of fused-ring (bicyclic) bond motifs is 3. The fourth-order valence-corrected chi connectivity index (χ4v) is 3.68. The van der Waals surface area contributed by atoms with Crippen LogP contribution in [0.15, 0.2) is 53.7 Å². The fraction of sp³-hybridized carbons (Fsp3) is 0.263. The lowest BCUT2D eigenvalue weighted by Gasteiger charge is -2.07. The van der Waals surface area contributed by atoms with Gasteiger partial charge in [0.15, 0.2) is 5.16 Å². The van der Waals surface area contributed by atoms with Gasteiger partial charge in [-0.05, 0) is 43.3 Å². The van der Waals surface area contributed by atoms with Gasteiger partial charge in [0.05, 0.1) is 24.2 Å². The van der Waals surface area contributed by atoms with E-state index >= 15 is 0 Å². The second kappa shape index (κ2) is 7.29. The molecule has 6 nitrogen and oxygen atoms in total. The van der Waals surface area contributed by atoms with E-state index in [-0.39, 0.29) is 0 Å².